The van der Waals surface area contributed by atoms with Crippen LogP contribution in [0.1, 0.15) is 27.4 Å². The van der Waals surface area contributed by atoms with Gasteiger partial charge in [0.1, 0.15) is 0 Å². The Kier molecular flexibility index (Phi) is 4.51. The Balaban J connectivity index is 1.84. The number of hydrazine groups is 1. The maximum absolute atomic E-state index is 13.7. The van der Waals surface area contributed by atoms with Gasteiger partial charge < -0.3 is 10.3 Å². The first-order valence-corrected chi connectivity index (χ1v) is 8.65. The van der Waals surface area contributed by atoms with Crippen molar-refractivity contribution < 1.29 is 18.0 Å². The molecule has 1 aromatic rings. The summed E-state index contributed by atoms with van der Waals surface area (Å²) in [7, 11) is 1.32. The van der Waals surface area contributed by atoms with Crippen LogP contribution in [0.25, 0.3) is 0 Å². The average molecular weight is 370 g/mol. The van der Waals surface area contributed by atoms with E-state index >= 15 is 0 Å². The van der Waals surface area contributed by atoms with Gasteiger partial charge in [-0.3, -0.25) is 4.79 Å². The molecule has 0 radical (unpaired) electrons. The predicted octanol–water partition coefficient (Wildman–Crippen LogP) is 2.85. The number of alkyl halides is 3. The van der Waals surface area contributed by atoms with E-state index in [1.165, 1.54) is 25.4 Å². The van der Waals surface area contributed by atoms with Crippen LogP contribution in [-0.2, 0) is 5.54 Å². The zero-order chi connectivity index (χ0) is 18.2. The molecule has 2 aliphatic heterocycles. The van der Waals surface area contributed by atoms with Crippen LogP contribution in [-0.4, -0.2) is 42.1 Å². The third-order valence-corrected chi connectivity index (χ3v) is 5.91. The van der Waals surface area contributed by atoms with E-state index in [1.54, 1.807) is 4.90 Å². The smallest absolute Gasteiger partial charge is 0.338 e. The first-order chi connectivity index (χ1) is 11.8. The summed E-state index contributed by atoms with van der Waals surface area (Å²) in [6.45, 7) is 0.909. The number of nitriles is 1. The summed E-state index contributed by atoms with van der Waals surface area (Å²) in [5, 5.41) is 9.90. The third-order valence-electron chi connectivity index (χ3n) is 4.71. The van der Waals surface area contributed by atoms with Gasteiger partial charge in [-0.1, -0.05) is 0 Å². The lowest BCUT2D eigenvalue weighted by molar-refractivity contribution is -0.216. The van der Waals surface area contributed by atoms with Gasteiger partial charge in [0, 0.05) is 37.1 Å². The molecule has 1 N–H and O–H groups in total. The third kappa shape index (κ3) is 2.89. The Hall–Kier alpha value is -2.05. The molecule has 5 nitrogen and oxygen atoms in total. The second kappa shape index (κ2) is 6.35. The minimum absolute atomic E-state index is 0.0408. The molecule has 0 aliphatic carbocycles. The number of rotatable bonds is 2. The molecule has 0 saturated carbocycles. The van der Waals surface area contributed by atoms with Gasteiger partial charge >= 0.3 is 6.18 Å². The lowest BCUT2D eigenvalue weighted by Gasteiger charge is -2.35. The molecular weight excluding hydrogens is 353 g/mol. The van der Waals surface area contributed by atoms with E-state index in [0.717, 1.165) is 22.4 Å². The Bertz CT molecular complexity index is 730. The van der Waals surface area contributed by atoms with Crippen molar-refractivity contribution in [2.45, 2.75) is 24.6 Å². The average Bonchev–Trinajstić information content (AvgIpc) is 3.21. The van der Waals surface area contributed by atoms with E-state index in [4.69, 9.17) is 5.26 Å². The van der Waals surface area contributed by atoms with Crippen LogP contribution in [0.4, 0.5) is 13.2 Å². The van der Waals surface area contributed by atoms with Gasteiger partial charge in [-0.15, -0.1) is 11.3 Å². The second-order valence-corrected chi connectivity index (χ2v) is 7.23. The number of thiophene rings is 1. The fourth-order valence-electron chi connectivity index (χ4n) is 3.18. The number of hydrogen-bond donors (Lipinski definition) is 1. The molecule has 1 saturated heterocycles. The number of carbonyl (C=O) groups excluding carboxylic acids is 1. The predicted molar refractivity (Wildman–Crippen MR) is 86.3 cm³/mol. The van der Waals surface area contributed by atoms with Gasteiger partial charge in [0.2, 0.25) is 0 Å². The summed E-state index contributed by atoms with van der Waals surface area (Å²) >= 11 is 0.859. The van der Waals surface area contributed by atoms with Crippen LogP contribution >= 0.6 is 11.3 Å². The minimum atomic E-state index is -4.53. The highest BCUT2D eigenvalue weighted by Crippen LogP contribution is 2.48. The SMILES string of the molecule is CN1NC=CC1(c1ccc(C(=O)N2CCC(C#N)CC2)s1)C(F)(F)F. The van der Waals surface area contributed by atoms with Gasteiger partial charge in [-0.2, -0.15) is 18.4 Å². The molecule has 1 unspecified atom stereocenters. The summed E-state index contributed by atoms with van der Waals surface area (Å²) in [4.78, 5) is 14.5. The van der Waals surface area contributed by atoms with Crippen molar-refractivity contribution in [3.05, 3.63) is 34.2 Å². The maximum atomic E-state index is 13.7. The number of carbonyl (C=O) groups is 1. The molecule has 9 heteroatoms. The summed E-state index contributed by atoms with van der Waals surface area (Å²) in [5.74, 6) is -0.331. The quantitative estimate of drug-likeness (QED) is 0.870. The molecule has 134 valence electrons. The molecular formula is C16H17F3N4OS. The van der Waals surface area contributed by atoms with Gasteiger partial charge in [-0.05, 0) is 31.1 Å². The number of hydrogen-bond acceptors (Lipinski definition) is 5. The number of nitrogens with zero attached hydrogens (tertiary/aromatic N) is 3. The number of likely N-dealkylation sites (tertiary alicyclic amines) is 1. The van der Waals surface area contributed by atoms with Crippen molar-refractivity contribution >= 4 is 17.2 Å². The van der Waals surface area contributed by atoms with Crippen molar-refractivity contribution in [1.82, 2.24) is 15.3 Å². The fraction of sp³-hybridized carbons (Fsp3) is 0.500. The molecule has 3 heterocycles. The molecule has 0 spiro atoms. The Morgan fingerprint density at radius 1 is 1.40 bits per heavy atom. The summed E-state index contributed by atoms with van der Waals surface area (Å²) in [5.41, 5.74) is 0.268. The first kappa shape index (κ1) is 17.8. The van der Waals surface area contributed by atoms with Gasteiger partial charge in [0.25, 0.3) is 5.91 Å². The largest absolute Gasteiger partial charge is 0.417 e. The fourth-order valence-corrected chi connectivity index (χ4v) is 4.38. The highest BCUT2D eigenvalue weighted by Gasteiger charge is 2.60. The van der Waals surface area contributed by atoms with Crippen molar-refractivity contribution in [1.29, 1.82) is 5.26 Å². The molecule has 0 aromatic carbocycles. The van der Waals surface area contributed by atoms with Gasteiger partial charge in [0.05, 0.1) is 10.9 Å². The lowest BCUT2D eigenvalue weighted by Crippen LogP contribution is -2.53. The minimum Gasteiger partial charge on any atom is -0.338 e. The first-order valence-electron chi connectivity index (χ1n) is 7.83. The van der Waals surface area contributed by atoms with E-state index in [-0.39, 0.29) is 21.6 Å². The number of piperidine rings is 1. The van der Waals surface area contributed by atoms with E-state index in [0.29, 0.717) is 25.9 Å². The van der Waals surface area contributed by atoms with Crippen molar-refractivity contribution in [2.24, 2.45) is 5.92 Å². The summed E-state index contributed by atoms with van der Waals surface area (Å²) in [6.07, 6.45) is -1.02. The standard InChI is InChI=1S/C16H17F3N4OS/c1-22-15(6-7-21-22,16(17,18)19)13-3-2-12(25-13)14(24)23-8-4-11(10-20)5-9-23/h2-3,6-7,11,21H,4-5,8-9H2,1H3. The zero-order valence-corrected chi connectivity index (χ0v) is 14.3. The zero-order valence-electron chi connectivity index (χ0n) is 13.5. The second-order valence-electron chi connectivity index (χ2n) is 6.15. The summed E-state index contributed by atoms with van der Waals surface area (Å²) < 4.78 is 41.2. The molecule has 2 aliphatic rings. The number of halogens is 3. The van der Waals surface area contributed by atoms with Crippen LogP contribution < -0.4 is 5.43 Å². The highest BCUT2D eigenvalue weighted by molar-refractivity contribution is 7.14. The Labute approximate surface area is 147 Å². The van der Waals surface area contributed by atoms with Crippen LogP contribution in [0, 0.1) is 17.2 Å². The van der Waals surface area contributed by atoms with Gasteiger partial charge in [-0.25, -0.2) is 5.01 Å². The topological polar surface area (TPSA) is 59.4 Å². The lowest BCUT2D eigenvalue weighted by atomic mass is 9.97. The van der Waals surface area contributed by atoms with Crippen LogP contribution in [0.15, 0.2) is 24.4 Å². The molecule has 25 heavy (non-hydrogen) atoms. The number of amides is 1. The van der Waals surface area contributed by atoms with Crippen molar-refractivity contribution in [2.75, 3.05) is 20.1 Å². The highest BCUT2D eigenvalue weighted by atomic mass is 32.1. The molecule has 3 rings (SSSR count). The Morgan fingerprint density at radius 2 is 2.08 bits per heavy atom. The number of likely N-dealkylation sites (N-methyl/N-ethyl adjacent to an activating group) is 1. The monoisotopic (exact) mass is 370 g/mol. The molecule has 0 bridgehead atoms. The van der Waals surface area contributed by atoms with Crippen molar-refractivity contribution in [3.63, 3.8) is 0 Å². The van der Waals surface area contributed by atoms with Crippen LogP contribution in [0.3, 0.4) is 0 Å². The normalized spacial score (nSPS) is 25.0. The van der Waals surface area contributed by atoms with Crippen molar-refractivity contribution in [3.8, 4) is 6.07 Å². The van der Waals surface area contributed by atoms with Gasteiger partial charge in [0.15, 0.2) is 5.54 Å². The number of nitrogens with one attached hydrogen (secondary N) is 1. The molecule has 1 aromatic heterocycles. The van der Waals surface area contributed by atoms with Crippen LogP contribution in [0.5, 0.6) is 0 Å². The maximum Gasteiger partial charge on any atom is 0.417 e. The van der Waals surface area contributed by atoms with E-state index < -0.39 is 11.7 Å². The van der Waals surface area contributed by atoms with E-state index in [9.17, 15) is 18.0 Å². The molecule has 1 fully saturated rings. The van der Waals surface area contributed by atoms with E-state index in [2.05, 4.69) is 11.5 Å². The van der Waals surface area contributed by atoms with E-state index in [1.807, 2.05) is 0 Å². The molecule has 1 atom stereocenters. The van der Waals surface area contributed by atoms with Crippen LogP contribution in [0.2, 0.25) is 0 Å². The molecule has 1 amide bonds. The Morgan fingerprint density at radius 3 is 2.60 bits per heavy atom. The summed E-state index contributed by atoms with van der Waals surface area (Å²) in [6, 6.07) is 5.00.